The van der Waals surface area contributed by atoms with Crippen molar-refractivity contribution in [2.75, 3.05) is 20.1 Å². The van der Waals surface area contributed by atoms with Gasteiger partial charge < -0.3 is 5.32 Å². The van der Waals surface area contributed by atoms with Crippen LogP contribution < -0.4 is 10.0 Å². The molecule has 2 aliphatic rings. The Morgan fingerprint density at radius 1 is 1.10 bits per heavy atom. The number of likely N-dealkylation sites (N-methyl/N-ethyl adjacent to an activating group) is 1. The lowest BCUT2D eigenvalue weighted by Gasteiger charge is -2.36. The van der Waals surface area contributed by atoms with Crippen molar-refractivity contribution in [2.24, 2.45) is 5.92 Å². The first-order valence-corrected chi connectivity index (χ1v) is 9.92. The lowest BCUT2D eigenvalue weighted by molar-refractivity contribution is 0.239. The molecular formula is C15H31N3O2S. The van der Waals surface area contributed by atoms with E-state index in [4.69, 9.17) is 0 Å². The van der Waals surface area contributed by atoms with Crippen molar-refractivity contribution in [3.8, 4) is 0 Å². The minimum Gasteiger partial charge on any atom is -0.318 e. The lowest BCUT2D eigenvalue weighted by atomic mass is 9.85. The third kappa shape index (κ3) is 4.65. The van der Waals surface area contributed by atoms with Gasteiger partial charge in [-0.15, -0.1) is 0 Å². The Morgan fingerprint density at radius 3 is 2.43 bits per heavy atom. The van der Waals surface area contributed by atoms with E-state index in [0.29, 0.717) is 12.5 Å². The van der Waals surface area contributed by atoms with E-state index in [9.17, 15) is 8.42 Å². The van der Waals surface area contributed by atoms with Crippen LogP contribution in [0.4, 0.5) is 0 Å². The molecule has 0 aromatic heterocycles. The van der Waals surface area contributed by atoms with Gasteiger partial charge in [0.15, 0.2) is 0 Å². The van der Waals surface area contributed by atoms with Crippen LogP contribution in [-0.2, 0) is 10.2 Å². The second kappa shape index (κ2) is 7.90. The monoisotopic (exact) mass is 317 g/mol. The molecule has 2 unspecified atom stereocenters. The fourth-order valence-corrected chi connectivity index (χ4v) is 5.50. The highest BCUT2D eigenvalue weighted by Crippen LogP contribution is 2.27. The molecule has 2 rings (SSSR count). The summed E-state index contributed by atoms with van der Waals surface area (Å²) in [5.74, 6) is 0.501. The molecule has 0 aromatic rings. The van der Waals surface area contributed by atoms with Crippen molar-refractivity contribution in [3.05, 3.63) is 0 Å². The number of hydrogen-bond donors (Lipinski definition) is 2. The first-order valence-electron chi connectivity index (χ1n) is 8.48. The summed E-state index contributed by atoms with van der Waals surface area (Å²) >= 11 is 0. The Morgan fingerprint density at radius 2 is 1.76 bits per heavy atom. The van der Waals surface area contributed by atoms with Crippen molar-refractivity contribution in [1.29, 1.82) is 0 Å². The highest BCUT2D eigenvalue weighted by Gasteiger charge is 2.34. The van der Waals surface area contributed by atoms with Gasteiger partial charge in [0.25, 0.3) is 10.2 Å². The molecule has 1 aliphatic heterocycles. The maximum Gasteiger partial charge on any atom is 0.279 e. The zero-order chi connectivity index (χ0) is 15.3. The van der Waals surface area contributed by atoms with Crippen molar-refractivity contribution in [2.45, 2.75) is 70.4 Å². The Hall–Kier alpha value is -0.170. The number of hydrogen-bond acceptors (Lipinski definition) is 3. The lowest BCUT2D eigenvalue weighted by Crippen LogP contribution is -2.54. The van der Waals surface area contributed by atoms with Crippen LogP contribution in [0.1, 0.15) is 58.3 Å². The first-order chi connectivity index (χ1) is 10.0. The molecular weight excluding hydrogens is 286 g/mol. The molecule has 2 fully saturated rings. The number of nitrogens with one attached hydrogen (secondary N) is 2. The van der Waals surface area contributed by atoms with E-state index >= 15 is 0 Å². The first kappa shape index (κ1) is 17.2. The van der Waals surface area contributed by atoms with Gasteiger partial charge in [-0.25, -0.2) is 0 Å². The van der Waals surface area contributed by atoms with E-state index in [0.717, 1.165) is 38.6 Å². The van der Waals surface area contributed by atoms with Crippen LogP contribution in [-0.4, -0.2) is 44.9 Å². The Kier molecular flexibility index (Phi) is 6.47. The quantitative estimate of drug-likeness (QED) is 0.786. The molecule has 2 atom stereocenters. The molecule has 2 N–H and O–H groups in total. The molecule has 1 saturated carbocycles. The van der Waals surface area contributed by atoms with Crippen molar-refractivity contribution in [3.63, 3.8) is 0 Å². The summed E-state index contributed by atoms with van der Waals surface area (Å²) < 4.78 is 30.1. The maximum atomic E-state index is 12.7. The topological polar surface area (TPSA) is 61.4 Å². The minimum absolute atomic E-state index is 0.0486. The van der Waals surface area contributed by atoms with Crippen LogP contribution in [0.2, 0.25) is 0 Å². The number of rotatable bonds is 6. The van der Waals surface area contributed by atoms with Crippen molar-refractivity contribution in [1.82, 2.24) is 14.3 Å². The molecule has 21 heavy (non-hydrogen) atoms. The van der Waals surface area contributed by atoms with Gasteiger partial charge >= 0.3 is 0 Å². The fraction of sp³-hybridized carbons (Fsp3) is 1.00. The van der Waals surface area contributed by atoms with Crippen LogP contribution in [0.25, 0.3) is 0 Å². The summed E-state index contributed by atoms with van der Waals surface area (Å²) in [5.41, 5.74) is 0. The van der Waals surface area contributed by atoms with Gasteiger partial charge in [0.2, 0.25) is 0 Å². The minimum atomic E-state index is -3.36. The molecule has 0 amide bonds. The molecule has 0 aromatic carbocycles. The Bertz CT molecular complexity index is 405. The molecule has 0 radical (unpaired) electrons. The van der Waals surface area contributed by atoms with Crippen LogP contribution in [0.3, 0.4) is 0 Å². The SMILES string of the molecule is CNCC1CCCCN1S(=O)(=O)NC(C)C1CCCCC1. The van der Waals surface area contributed by atoms with Gasteiger partial charge in [-0.3, -0.25) is 0 Å². The summed E-state index contributed by atoms with van der Waals surface area (Å²) in [5, 5.41) is 3.12. The third-order valence-electron chi connectivity index (χ3n) is 5.01. The zero-order valence-electron chi connectivity index (χ0n) is 13.5. The molecule has 1 heterocycles. The predicted molar refractivity (Wildman–Crippen MR) is 86.4 cm³/mol. The second-order valence-corrected chi connectivity index (χ2v) is 8.28. The van der Waals surface area contributed by atoms with Gasteiger partial charge in [0, 0.05) is 25.2 Å². The molecule has 0 spiro atoms. The van der Waals surface area contributed by atoms with Crippen molar-refractivity contribution < 1.29 is 8.42 Å². The van der Waals surface area contributed by atoms with E-state index in [1.165, 1.54) is 19.3 Å². The summed E-state index contributed by atoms with van der Waals surface area (Å²) in [6.45, 7) is 3.42. The van der Waals surface area contributed by atoms with E-state index in [-0.39, 0.29) is 12.1 Å². The van der Waals surface area contributed by atoms with Crippen molar-refractivity contribution >= 4 is 10.2 Å². The average molecular weight is 317 g/mol. The molecule has 1 saturated heterocycles. The highest BCUT2D eigenvalue weighted by atomic mass is 32.2. The predicted octanol–water partition coefficient (Wildman–Crippen LogP) is 1.86. The molecule has 124 valence electrons. The number of piperidine rings is 1. The molecule has 6 heteroatoms. The summed E-state index contributed by atoms with van der Waals surface area (Å²) in [4.78, 5) is 0. The molecule has 0 bridgehead atoms. The van der Waals surface area contributed by atoms with Gasteiger partial charge in [-0.1, -0.05) is 25.7 Å². The Balaban J connectivity index is 1.98. The summed E-state index contributed by atoms with van der Waals surface area (Å²) in [6, 6.07) is 0.146. The van der Waals surface area contributed by atoms with E-state index in [1.54, 1.807) is 4.31 Å². The van der Waals surface area contributed by atoms with E-state index < -0.39 is 10.2 Å². The van der Waals surface area contributed by atoms with Gasteiger partial charge in [0.1, 0.15) is 0 Å². The normalized spacial score (nSPS) is 27.6. The fourth-order valence-electron chi connectivity index (χ4n) is 3.76. The summed E-state index contributed by atoms with van der Waals surface area (Å²) in [6.07, 6.45) is 9.14. The molecule has 1 aliphatic carbocycles. The van der Waals surface area contributed by atoms with Gasteiger partial charge in [-0.2, -0.15) is 17.4 Å². The van der Waals surface area contributed by atoms with E-state index in [2.05, 4.69) is 10.0 Å². The Labute approximate surface area is 130 Å². The average Bonchev–Trinajstić information content (AvgIpc) is 2.48. The third-order valence-corrected chi connectivity index (χ3v) is 6.78. The van der Waals surface area contributed by atoms with E-state index in [1.807, 2.05) is 14.0 Å². The van der Waals surface area contributed by atoms with Gasteiger partial charge in [0.05, 0.1) is 0 Å². The van der Waals surface area contributed by atoms with Gasteiger partial charge in [-0.05, 0) is 45.6 Å². The highest BCUT2D eigenvalue weighted by molar-refractivity contribution is 7.87. The molecule has 5 nitrogen and oxygen atoms in total. The van der Waals surface area contributed by atoms with Crippen LogP contribution in [0, 0.1) is 5.92 Å². The van der Waals surface area contributed by atoms with Crippen LogP contribution >= 0.6 is 0 Å². The van der Waals surface area contributed by atoms with Crippen LogP contribution in [0.5, 0.6) is 0 Å². The second-order valence-electron chi connectivity index (χ2n) is 6.63. The maximum absolute atomic E-state index is 12.7. The summed E-state index contributed by atoms with van der Waals surface area (Å²) in [7, 11) is -1.47. The smallest absolute Gasteiger partial charge is 0.279 e. The zero-order valence-corrected chi connectivity index (χ0v) is 14.3. The number of nitrogens with zero attached hydrogens (tertiary/aromatic N) is 1. The van der Waals surface area contributed by atoms with Crippen LogP contribution in [0.15, 0.2) is 0 Å². The largest absolute Gasteiger partial charge is 0.318 e. The standard InChI is InChI=1S/C15H31N3O2S/c1-13(14-8-4-3-5-9-14)17-21(19,20)18-11-7-6-10-15(18)12-16-2/h13-17H,3-12H2,1-2H3.